The molecule has 0 radical (unpaired) electrons. The van der Waals surface area contributed by atoms with E-state index in [0.29, 0.717) is 0 Å². The van der Waals surface area contributed by atoms with E-state index in [1.54, 1.807) is 4.90 Å². The van der Waals surface area contributed by atoms with Crippen LogP contribution in [0.5, 0.6) is 0 Å². The summed E-state index contributed by atoms with van der Waals surface area (Å²) >= 11 is 1.53. The second-order valence-corrected chi connectivity index (χ2v) is 5.35. The third kappa shape index (κ3) is 4.62. The van der Waals surface area contributed by atoms with Gasteiger partial charge in [-0.2, -0.15) is 0 Å². The van der Waals surface area contributed by atoms with E-state index >= 15 is 0 Å². The summed E-state index contributed by atoms with van der Waals surface area (Å²) in [4.78, 5) is 25.0. The molecule has 0 saturated carbocycles. The van der Waals surface area contributed by atoms with Gasteiger partial charge in [0.2, 0.25) is 11.8 Å². The van der Waals surface area contributed by atoms with Crippen LogP contribution >= 0.6 is 11.3 Å². The first-order valence-electron chi connectivity index (χ1n) is 6.05. The van der Waals surface area contributed by atoms with E-state index in [-0.39, 0.29) is 25.2 Å². The standard InChI is InChI=1S/C12H20N4O2S/c1-2-8(13)12(9-4-3-5-19-9)16(6-10(14)17)7-11(15)18/h3-5,8,12H,2,6-7,13H2,1H3,(H2,14,17)(H2,15,18). The van der Waals surface area contributed by atoms with E-state index in [1.165, 1.54) is 11.3 Å². The van der Waals surface area contributed by atoms with Gasteiger partial charge in [-0.3, -0.25) is 14.5 Å². The molecular weight excluding hydrogens is 264 g/mol. The van der Waals surface area contributed by atoms with E-state index in [0.717, 1.165) is 11.3 Å². The summed E-state index contributed by atoms with van der Waals surface area (Å²) in [5.74, 6) is -1.02. The first-order valence-corrected chi connectivity index (χ1v) is 6.93. The van der Waals surface area contributed by atoms with Gasteiger partial charge in [0.1, 0.15) is 0 Å². The van der Waals surface area contributed by atoms with Gasteiger partial charge < -0.3 is 17.2 Å². The maximum absolute atomic E-state index is 11.2. The Balaban J connectivity index is 3.02. The zero-order valence-electron chi connectivity index (χ0n) is 10.9. The minimum absolute atomic E-state index is 0.0425. The molecule has 2 unspecified atom stereocenters. The molecule has 0 aliphatic heterocycles. The number of nitrogens with two attached hydrogens (primary N) is 3. The van der Waals surface area contributed by atoms with Crippen LogP contribution < -0.4 is 17.2 Å². The minimum Gasteiger partial charge on any atom is -0.369 e. The van der Waals surface area contributed by atoms with E-state index in [9.17, 15) is 9.59 Å². The van der Waals surface area contributed by atoms with Crippen molar-refractivity contribution in [1.29, 1.82) is 0 Å². The normalized spacial score (nSPS) is 14.3. The van der Waals surface area contributed by atoms with Gasteiger partial charge >= 0.3 is 0 Å². The molecule has 0 fully saturated rings. The van der Waals surface area contributed by atoms with Gasteiger partial charge in [0.25, 0.3) is 0 Å². The van der Waals surface area contributed by atoms with Gasteiger partial charge in [-0.05, 0) is 17.9 Å². The van der Waals surface area contributed by atoms with Crippen LogP contribution in [0.25, 0.3) is 0 Å². The molecule has 2 atom stereocenters. The molecule has 0 aliphatic carbocycles. The lowest BCUT2D eigenvalue weighted by molar-refractivity contribution is -0.123. The van der Waals surface area contributed by atoms with E-state index in [4.69, 9.17) is 17.2 Å². The molecule has 1 aromatic heterocycles. The van der Waals surface area contributed by atoms with Gasteiger partial charge in [0, 0.05) is 10.9 Å². The van der Waals surface area contributed by atoms with Crippen LogP contribution in [0.1, 0.15) is 24.3 Å². The smallest absolute Gasteiger partial charge is 0.231 e. The number of hydrogen-bond acceptors (Lipinski definition) is 5. The Morgan fingerprint density at radius 1 is 1.32 bits per heavy atom. The topological polar surface area (TPSA) is 115 Å². The Hall–Kier alpha value is -1.44. The number of rotatable bonds is 8. The van der Waals surface area contributed by atoms with Crippen LogP contribution in [0.15, 0.2) is 17.5 Å². The number of primary amides is 2. The predicted octanol–water partition coefficient (Wildman–Crippen LogP) is -0.201. The van der Waals surface area contributed by atoms with Gasteiger partial charge in [-0.1, -0.05) is 13.0 Å². The number of nitrogens with zero attached hydrogens (tertiary/aromatic N) is 1. The fourth-order valence-corrected chi connectivity index (χ4v) is 2.93. The largest absolute Gasteiger partial charge is 0.369 e. The zero-order valence-corrected chi connectivity index (χ0v) is 11.7. The average Bonchev–Trinajstić information content (AvgIpc) is 2.80. The van der Waals surface area contributed by atoms with Crippen molar-refractivity contribution in [2.45, 2.75) is 25.4 Å². The summed E-state index contributed by atoms with van der Waals surface area (Å²) in [6.07, 6.45) is 0.719. The van der Waals surface area contributed by atoms with Crippen molar-refractivity contribution in [1.82, 2.24) is 4.90 Å². The molecule has 6 N–H and O–H groups in total. The fourth-order valence-electron chi connectivity index (χ4n) is 2.00. The van der Waals surface area contributed by atoms with Crippen molar-refractivity contribution in [2.75, 3.05) is 13.1 Å². The van der Waals surface area contributed by atoms with Crippen LogP contribution in [-0.2, 0) is 9.59 Å². The van der Waals surface area contributed by atoms with Crippen molar-refractivity contribution in [2.24, 2.45) is 17.2 Å². The number of carbonyl (C=O) groups excluding carboxylic acids is 2. The third-order valence-electron chi connectivity index (χ3n) is 2.82. The molecule has 0 aliphatic rings. The first kappa shape index (κ1) is 15.6. The van der Waals surface area contributed by atoms with Crippen molar-refractivity contribution in [3.63, 3.8) is 0 Å². The van der Waals surface area contributed by atoms with Crippen molar-refractivity contribution < 1.29 is 9.59 Å². The number of amides is 2. The summed E-state index contributed by atoms with van der Waals surface area (Å²) in [6, 6.07) is 3.41. The molecule has 7 heteroatoms. The van der Waals surface area contributed by atoms with E-state index in [1.807, 2.05) is 24.4 Å². The molecule has 0 spiro atoms. The quantitative estimate of drug-likeness (QED) is 0.613. The summed E-state index contributed by atoms with van der Waals surface area (Å²) < 4.78 is 0. The van der Waals surface area contributed by atoms with Gasteiger partial charge in [0.15, 0.2) is 0 Å². The molecule has 106 valence electrons. The van der Waals surface area contributed by atoms with Crippen LogP contribution in [0.4, 0.5) is 0 Å². The molecule has 0 aromatic carbocycles. The molecule has 0 saturated heterocycles. The Bertz CT molecular complexity index is 405. The molecule has 1 rings (SSSR count). The molecule has 19 heavy (non-hydrogen) atoms. The monoisotopic (exact) mass is 284 g/mol. The Morgan fingerprint density at radius 2 is 1.89 bits per heavy atom. The summed E-state index contributed by atoms with van der Waals surface area (Å²) in [5, 5.41) is 1.93. The Morgan fingerprint density at radius 3 is 2.26 bits per heavy atom. The number of thiophene rings is 1. The lowest BCUT2D eigenvalue weighted by Gasteiger charge is -2.33. The highest BCUT2D eigenvalue weighted by molar-refractivity contribution is 7.10. The first-order chi connectivity index (χ1) is 8.95. The maximum atomic E-state index is 11.2. The van der Waals surface area contributed by atoms with Gasteiger partial charge in [0.05, 0.1) is 19.1 Å². The maximum Gasteiger partial charge on any atom is 0.231 e. The molecule has 1 aromatic rings. The Kier molecular flexibility index (Phi) is 5.94. The van der Waals surface area contributed by atoms with Gasteiger partial charge in [-0.15, -0.1) is 11.3 Å². The van der Waals surface area contributed by atoms with Crippen LogP contribution in [0.3, 0.4) is 0 Å². The lowest BCUT2D eigenvalue weighted by Crippen LogP contribution is -2.47. The summed E-state index contributed by atoms with van der Waals surface area (Å²) in [5.41, 5.74) is 16.6. The second kappa shape index (κ2) is 7.22. The highest BCUT2D eigenvalue weighted by Gasteiger charge is 2.28. The molecular formula is C12H20N4O2S. The number of hydrogen-bond donors (Lipinski definition) is 3. The SMILES string of the molecule is CCC(N)C(c1cccs1)N(CC(N)=O)CC(N)=O. The van der Waals surface area contributed by atoms with Gasteiger partial charge in [-0.25, -0.2) is 0 Å². The summed E-state index contributed by atoms with van der Waals surface area (Å²) in [6.45, 7) is 1.87. The molecule has 1 heterocycles. The highest BCUT2D eigenvalue weighted by Crippen LogP contribution is 2.28. The van der Waals surface area contributed by atoms with E-state index in [2.05, 4.69) is 0 Å². The summed E-state index contributed by atoms with van der Waals surface area (Å²) in [7, 11) is 0. The van der Waals surface area contributed by atoms with Crippen molar-refractivity contribution in [3.8, 4) is 0 Å². The molecule has 6 nitrogen and oxygen atoms in total. The lowest BCUT2D eigenvalue weighted by atomic mass is 10.0. The molecule has 0 bridgehead atoms. The van der Waals surface area contributed by atoms with Crippen LogP contribution in [0, 0.1) is 0 Å². The zero-order chi connectivity index (χ0) is 14.4. The van der Waals surface area contributed by atoms with E-state index < -0.39 is 11.8 Å². The predicted molar refractivity (Wildman–Crippen MR) is 75.3 cm³/mol. The second-order valence-electron chi connectivity index (χ2n) is 4.37. The van der Waals surface area contributed by atoms with Crippen molar-refractivity contribution >= 4 is 23.2 Å². The highest BCUT2D eigenvalue weighted by atomic mass is 32.1. The Labute approximate surface area is 116 Å². The van der Waals surface area contributed by atoms with Crippen LogP contribution in [-0.4, -0.2) is 35.8 Å². The molecule has 2 amide bonds. The van der Waals surface area contributed by atoms with Crippen LogP contribution in [0.2, 0.25) is 0 Å². The number of carbonyl (C=O) groups is 2. The minimum atomic E-state index is -0.508. The fraction of sp³-hybridized carbons (Fsp3) is 0.500. The van der Waals surface area contributed by atoms with Crippen molar-refractivity contribution in [3.05, 3.63) is 22.4 Å². The average molecular weight is 284 g/mol. The third-order valence-corrected chi connectivity index (χ3v) is 3.77.